The van der Waals surface area contributed by atoms with Gasteiger partial charge in [0.05, 0.1) is 0 Å². The highest BCUT2D eigenvalue weighted by Crippen LogP contribution is 2.22. The average Bonchev–Trinajstić information content (AvgIpc) is 2.75. The first kappa shape index (κ1) is 13.9. The summed E-state index contributed by atoms with van der Waals surface area (Å²) < 4.78 is 5.53. The number of hydrogen-bond acceptors (Lipinski definition) is 3. The molecule has 1 aliphatic rings. The zero-order chi connectivity index (χ0) is 13.8. The minimum atomic E-state index is 0.0692. The Kier molecular flexibility index (Phi) is 4.43. The molecule has 104 valence electrons. The highest BCUT2D eigenvalue weighted by atomic mass is 16.5. The van der Waals surface area contributed by atoms with E-state index in [-0.39, 0.29) is 12.5 Å². The summed E-state index contributed by atoms with van der Waals surface area (Å²) in [5.74, 6) is 1.37. The van der Waals surface area contributed by atoms with Crippen molar-refractivity contribution in [3.05, 3.63) is 29.8 Å². The largest absolute Gasteiger partial charge is 0.484 e. The highest BCUT2D eigenvalue weighted by Gasteiger charge is 2.29. The normalized spacial score (nSPS) is 22.6. The van der Waals surface area contributed by atoms with Gasteiger partial charge in [-0.1, -0.05) is 19.1 Å². The van der Waals surface area contributed by atoms with Crippen molar-refractivity contribution in [1.29, 1.82) is 0 Å². The minimum absolute atomic E-state index is 0.0692. The van der Waals surface area contributed by atoms with Crippen LogP contribution in [-0.4, -0.2) is 30.0 Å². The molecule has 1 amide bonds. The van der Waals surface area contributed by atoms with Crippen LogP contribution < -0.4 is 10.5 Å². The molecule has 2 unspecified atom stereocenters. The summed E-state index contributed by atoms with van der Waals surface area (Å²) in [5.41, 5.74) is 6.59. The molecule has 2 N–H and O–H groups in total. The van der Waals surface area contributed by atoms with Crippen LogP contribution in [0.3, 0.4) is 0 Å². The molecule has 0 aromatic heterocycles. The van der Waals surface area contributed by atoms with Gasteiger partial charge < -0.3 is 15.4 Å². The summed E-state index contributed by atoms with van der Waals surface area (Å²) in [6.07, 6.45) is 1.08. The van der Waals surface area contributed by atoms with Crippen LogP contribution in [0.4, 0.5) is 0 Å². The molecule has 2 atom stereocenters. The maximum Gasteiger partial charge on any atom is 0.260 e. The van der Waals surface area contributed by atoms with Crippen molar-refractivity contribution in [3.8, 4) is 5.75 Å². The number of nitrogens with zero attached hydrogens (tertiary/aromatic N) is 1. The molecular formula is C15H22N2O2. The van der Waals surface area contributed by atoms with Crippen LogP contribution in [0.5, 0.6) is 5.75 Å². The summed E-state index contributed by atoms with van der Waals surface area (Å²) in [7, 11) is 0. The molecule has 1 fully saturated rings. The van der Waals surface area contributed by atoms with E-state index in [0.717, 1.165) is 18.5 Å². The molecule has 0 aliphatic carbocycles. The number of carbonyl (C=O) groups is 1. The first-order valence-electron chi connectivity index (χ1n) is 6.81. The Labute approximate surface area is 114 Å². The summed E-state index contributed by atoms with van der Waals surface area (Å²) >= 11 is 0. The van der Waals surface area contributed by atoms with Gasteiger partial charge in [0, 0.05) is 19.1 Å². The number of nitrogens with two attached hydrogens (primary N) is 1. The number of likely N-dealkylation sites (tertiary alicyclic amines) is 1. The molecule has 1 aliphatic heterocycles. The lowest BCUT2D eigenvalue weighted by molar-refractivity contribution is -0.134. The number of amides is 1. The molecule has 0 spiro atoms. The first-order chi connectivity index (χ1) is 9.10. The van der Waals surface area contributed by atoms with Crippen LogP contribution in [0.1, 0.15) is 25.8 Å². The molecule has 0 bridgehead atoms. The second kappa shape index (κ2) is 6.06. The fraction of sp³-hybridized carbons (Fsp3) is 0.533. The van der Waals surface area contributed by atoms with Crippen LogP contribution in [0.15, 0.2) is 24.3 Å². The molecule has 1 aromatic rings. The molecular weight excluding hydrogens is 240 g/mol. The molecule has 0 radical (unpaired) electrons. The van der Waals surface area contributed by atoms with Crippen molar-refractivity contribution in [2.45, 2.75) is 32.9 Å². The van der Waals surface area contributed by atoms with Crippen molar-refractivity contribution < 1.29 is 9.53 Å². The van der Waals surface area contributed by atoms with Crippen LogP contribution >= 0.6 is 0 Å². The Bertz CT molecular complexity index is 430. The van der Waals surface area contributed by atoms with Gasteiger partial charge in [0.15, 0.2) is 6.61 Å². The number of carbonyl (C=O) groups excluding carboxylic acids is 1. The quantitative estimate of drug-likeness (QED) is 0.900. The standard InChI is InChI=1S/C15H22N2O2/c1-11-7-12(2)17(9-11)15(18)10-19-14-5-3-13(8-16)4-6-14/h3-6,11-12H,7-10,16H2,1-2H3. The SMILES string of the molecule is CC1CC(C)N(C(=O)COc2ccc(CN)cc2)C1. The van der Waals surface area contributed by atoms with Crippen molar-refractivity contribution >= 4 is 5.91 Å². The third-order valence-corrected chi connectivity index (χ3v) is 3.63. The fourth-order valence-electron chi connectivity index (χ4n) is 2.60. The van der Waals surface area contributed by atoms with E-state index in [1.807, 2.05) is 29.2 Å². The third kappa shape index (κ3) is 3.47. The molecule has 0 saturated carbocycles. The topological polar surface area (TPSA) is 55.6 Å². The number of rotatable bonds is 4. The van der Waals surface area contributed by atoms with E-state index < -0.39 is 0 Å². The lowest BCUT2D eigenvalue weighted by atomic mass is 10.1. The van der Waals surface area contributed by atoms with Gasteiger partial charge in [0.1, 0.15) is 5.75 Å². The van der Waals surface area contributed by atoms with E-state index in [1.165, 1.54) is 0 Å². The maximum atomic E-state index is 12.1. The lowest BCUT2D eigenvalue weighted by Crippen LogP contribution is -2.37. The van der Waals surface area contributed by atoms with E-state index >= 15 is 0 Å². The van der Waals surface area contributed by atoms with E-state index in [0.29, 0.717) is 24.3 Å². The van der Waals surface area contributed by atoms with Gasteiger partial charge in [0.25, 0.3) is 5.91 Å². The zero-order valence-electron chi connectivity index (χ0n) is 11.6. The Hall–Kier alpha value is -1.55. The van der Waals surface area contributed by atoms with Crippen LogP contribution in [0.25, 0.3) is 0 Å². The van der Waals surface area contributed by atoms with E-state index in [1.54, 1.807) is 0 Å². The molecule has 1 saturated heterocycles. The second-order valence-corrected chi connectivity index (χ2v) is 5.37. The molecule has 2 rings (SSSR count). The number of ether oxygens (including phenoxy) is 1. The van der Waals surface area contributed by atoms with E-state index in [2.05, 4.69) is 13.8 Å². The van der Waals surface area contributed by atoms with Gasteiger partial charge in [-0.2, -0.15) is 0 Å². The lowest BCUT2D eigenvalue weighted by Gasteiger charge is -2.21. The van der Waals surface area contributed by atoms with Crippen molar-refractivity contribution in [2.24, 2.45) is 11.7 Å². The number of hydrogen-bond donors (Lipinski definition) is 1. The fourth-order valence-corrected chi connectivity index (χ4v) is 2.60. The van der Waals surface area contributed by atoms with Gasteiger partial charge in [-0.25, -0.2) is 0 Å². The van der Waals surface area contributed by atoms with Gasteiger partial charge in [-0.3, -0.25) is 4.79 Å². The Morgan fingerprint density at radius 3 is 2.58 bits per heavy atom. The average molecular weight is 262 g/mol. The van der Waals surface area contributed by atoms with Crippen LogP contribution in [-0.2, 0) is 11.3 Å². The molecule has 1 aromatic carbocycles. The predicted octanol–water partition coefficient (Wildman–Crippen LogP) is 1.78. The molecule has 4 heteroatoms. The third-order valence-electron chi connectivity index (χ3n) is 3.63. The van der Waals surface area contributed by atoms with E-state index in [4.69, 9.17) is 10.5 Å². The van der Waals surface area contributed by atoms with E-state index in [9.17, 15) is 4.79 Å². The second-order valence-electron chi connectivity index (χ2n) is 5.37. The number of benzene rings is 1. The minimum Gasteiger partial charge on any atom is -0.484 e. The van der Waals surface area contributed by atoms with Gasteiger partial charge in [-0.05, 0) is 37.0 Å². The monoisotopic (exact) mass is 262 g/mol. The summed E-state index contributed by atoms with van der Waals surface area (Å²) in [6, 6.07) is 7.86. The van der Waals surface area contributed by atoms with Crippen LogP contribution in [0.2, 0.25) is 0 Å². The maximum absolute atomic E-state index is 12.1. The first-order valence-corrected chi connectivity index (χ1v) is 6.81. The smallest absolute Gasteiger partial charge is 0.260 e. The van der Waals surface area contributed by atoms with Crippen molar-refractivity contribution in [2.75, 3.05) is 13.2 Å². The zero-order valence-corrected chi connectivity index (χ0v) is 11.6. The Balaban J connectivity index is 1.86. The molecule has 19 heavy (non-hydrogen) atoms. The Morgan fingerprint density at radius 1 is 1.37 bits per heavy atom. The Morgan fingerprint density at radius 2 is 2.05 bits per heavy atom. The van der Waals surface area contributed by atoms with Crippen LogP contribution in [0, 0.1) is 5.92 Å². The van der Waals surface area contributed by atoms with Gasteiger partial charge in [0.2, 0.25) is 0 Å². The van der Waals surface area contributed by atoms with Crippen molar-refractivity contribution in [3.63, 3.8) is 0 Å². The molecule has 1 heterocycles. The molecule has 4 nitrogen and oxygen atoms in total. The summed E-state index contributed by atoms with van der Waals surface area (Å²) in [4.78, 5) is 14.0. The predicted molar refractivity (Wildman–Crippen MR) is 74.8 cm³/mol. The summed E-state index contributed by atoms with van der Waals surface area (Å²) in [6.45, 7) is 5.74. The van der Waals surface area contributed by atoms with Gasteiger partial charge in [-0.15, -0.1) is 0 Å². The highest BCUT2D eigenvalue weighted by molar-refractivity contribution is 5.78. The summed E-state index contributed by atoms with van der Waals surface area (Å²) in [5, 5.41) is 0. The van der Waals surface area contributed by atoms with Gasteiger partial charge >= 0.3 is 0 Å². The van der Waals surface area contributed by atoms with Crippen molar-refractivity contribution in [1.82, 2.24) is 4.90 Å².